The highest BCUT2D eigenvalue weighted by Gasteiger charge is 2.11. The summed E-state index contributed by atoms with van der Waals surface area (Å²) in [4.78, 5) is 2.44. The van der Waals surface area contributed by atoms with Crippen molar-refractivity contribution in [2.45, 2.75) is 47.1 Å². The van der Waals surface area contributed by atoms with Gasteiger partial charge in [0.1, 0.15) is 0 Å². The van der Waals surface area contributed by atoms with Gasteiger partial charge in [-0.2, -0.15) is 0 Å². The zero-order valence-corrected chi connectivity index (χ0v) is 12.4. The molecule has 0 amide bonds. The van der Waals surface area contributed by atoms with E-state index in [1.54, 1.807) is 0 Å². The summed E-state index contributed by atoms with van der Waals surface area (Å²) in [5.74, 6) is 0. The Bertz CT molecular complexity index is 335. The predicted octanol–water partition coefficient (Wildman–Crippen LogP) is 3.80. The van der Waals surface area contributed by atoms with Gasteiger partial charge in [-0.3, -0.25) is 0 Å². The van der Waals surface area contributed by atoms with E-state index in [0.717, 1.165) is 13.1 Å². The Morgan fingerprint density at radius 3 is 2.17 bits per heavy atom. The maximum Gasteiger partial charge on any atom is 0.0366 e. The van der Waals surface area contributed by atoms with Gasteiger partial charge in [0, 0.05) is 25.3 Å². The molecule has 2 nitrogen and oxygen atoms in total. The van der Waals surface area contributed by atoms with Crippen molar-refractivity contribution in [3.63, 3.8) is 0 Å². The monoisotopic (exact) mass is 248 g/mol. The third-order valence-electron chi connectivity index (χ3n) is 3.27. The smallest absolute Gasteiger partial charge is 0.0366 e. The van der Waals surface area contributed by atoms with E-state index in [1.807, 2.05) is 0 Å². The molecule has 2 N–H and O–H groups in total. The van der Waals surface area contributed by atoms with E-state index in [1.165, 1.54) is 24.1 Å². The molecular weight excluding hydrogens is 220 g/mol. The van der Waals surface area contributed by atoms with Crippen LogP contribution in [0.2, 0.25) is 0 Å². The first-order valence-electron chi connectivity index (χ1n) is 7.00. The van der Waals surface area contributed by atoms with Gasteiger partial charge in [-0.15, -0.1) is 0 Å². The fourth-order valence-electron chi connectivity index (χ4n) is 2.11. The van der Waals surface area contributed by atoms with Gasteiger partial charge >= 0.3 is 0 Å². The molecule has 0 heterocycles. The molecule has 2 heteroatoms. The SMILES string of the molecule is CCN(CCCC(C)(C)C)c1ccc(CN)cc1. The largest absolute Gasteiger partial charge is 0.372 e. The van der Waals surface area contributed by atoms with E-state index in [4.69, 9.17) is 5.73 Å². The summed E-state index contributed by atoms with van der Waals surface area (Å²) in [7, 11) is 0. The maximum atomic E-state index is 5.62. The molecular formula is C16H28N2. The Morgan fingerprint density at radius 2 is 1.72 bits per heavy atom. The summed E-state index contributed by atoms with van der Waals surface area (Å²) in [6, 6.07) is 8.62. The molecule has 0 atom stereocenters. The molecule has 0 bridgehead atoms. The predicted molar refractivity (Wildman–Crippen MR) is 80.9 cm³/mol. The van der Waals surface area contributed by atoms with Crippen molar-refractivity contribution < 1.29 is 0 Å². The lowest BCUT2D eigenvalue weighted by Gasteiger charge is -2.25. The highest BCUT2D eigenvalue weighted by Crippen LogP contribution is 2.22. The lowest BCUT2D eigenvalue weighted by atomic mass is 9.90. The topological polar surface area (TPSA) is 29.3 Å². The molecule has 0 aromatic heterocycles. The second kappa shape index (κ2) is 6.79. The molecule has 0 unspecified atom stereocenters. The summed E-state index contributed by atoms with van der Waals surface area (Å²) in [6.45, 7) is 11.9. The van der Waals surface area contributed by atoms with Gasteiger partial charge in [-0.05, 0) is 42.9 Å². The molecule has 0 aliphatic carbocycles. The average Bonchev–Trinajstić information content (AvgIpc) is 2.34. The van der Waals surface area contributed by atoms with Crippen LogP contribution in [0.3, 0.4) is 0 Å². The van der Waals surface area contributed by atoms with Gasteiger partial charge in [-0.25, -0.2) is 0 Å². The van der Waals surface area contributed by atoms with Gasteiger partial charge in [0.05, 0.1) is 0 Å². The fourth-order valence-corrected chi connectivity index (χ4v) is 2.11. The molecule has 102 valence electrons. The minimum absolute atomic E-state index is 0.433. The number of hydrogen-bond donors (Lipinski definition) is 1. The van der Waals surface area contributed by atoms with E-state index in [0.29, 0.717) is 12.0 Å². The quantitative estimate of drug-likeness (QED) is 0.829. The normalized spacial score (nSPS) is 11.6. The lowest BCUT2D eigenvalue weighted by molar-refractivity contribution is 0.366. The highest BCUT2D eigenvalue weighted by atomic mass is 15.1. The van der Waals surface area contributed by atoms with Crippen molar-refractivity contribution in [2.75, 3.05) is 18.0 Å². The van der Waals surface area contributed by atoms with Crippen molar-refractivity contribution in [3.05, 3.63) is 29.8 Å². The zero-order valence-electron chi connectivity index (χ0n) is 12.4. The third-order valence-corrected chi connectivity index (χ3v) is 3.27. The molecule has 0 radical (unpaired) electrons. The molecule has 1 aromatic carbocycles. The summed E-state index contributed by atoms with van der Waals surface area (Å²) in [5.41, 5.74) is 8.56. The Hall–Kier alpha value is -1.02. The molecule has 0 saturated carbocycles. The van der Waals surface area contributed by atoms with Crippen LogP contribution < -0.4 is 10.6 Å². The Morgan fingerprint density at radius 1 is 1.11 bits per heavy atom. The highest BCUT2D eigenvalue weighted by molar-refractivity contribution is 5.47. The second-order valence-electron chi connectivity index (χ2n) is 6.11. The maximum absolute atomic E-state index is 5.62. The van der Waals surface area contributed by atoms with E-state index >= 15 is 0 Å². The molecule has 1 aromatic rings. The number of anilines is 1. The van der Waals surface area contributed by atoms with Gasteiger partial charge in [-0.1, -0.05) is 32.9 Å². The van der Waals surface area contributed by atoms with Crippen molar-refractivity contribution in [3.8, 4) is 0 Å². The van der Waals surface area contributed by atoms with Crippen molar-refractivity contribution in [1.82, 2.24) is 0 Å². The van der Waals surface area contributed by atoms with Gasteiger partial charge < -0.3 is 10.6 Å². The number of nitrogens with two attached hydrogens (primary N) is 1. The van der Waals surface area contributed by atoms with Crippen LogP contribution in [0, 0.1) is 5.41 Å². The molecule has 0 spiro atoms. The van der Waals surface area contributed by atoms with Gasteiger partial charge in [0.15, 0.2) is 0 Å². The molecule has 0 fully saturated rings. The summed E-state index contributed by atoms with van der Waals surface area (Å²) in [5, 5.41) is 0. The lowest BCUT2D eigenvalue weighted by Crippen LogP contribution is -2.24. The minimum atomic E-state index is 0.433. The van der Waals surface area contributed by atoms with Crippen molar-refractivity contribution in [2.24, 2.45) is 11.1 Å². The van der Waals surface area contributed by atoms with Crippen LogP contribution in [0.5, 0.6) is 0 Å². The summed E-state index contributed by atoms with van der Waals surface area (Å²) < 4.78 is 0. The van der Waals surface area contributed by atoms with E-state index in [-0.39, 0.29) is 0 Å². The molecule has 0 saturated heterocycles. The number of rotatable bonds is 6. The average molecular weight is 248 g/mol. The van der Waals surface area contributed by atoms with E-state index in [2.05, 4.69) is 56.9 Å². The van der Waals surface area contributed by atoms with Crippen molar-refractivity contribution >= 4 is 5.69 Å². The van der Waals surface area contributed by atoms with Crippen LogP contribution in [-0.4, -0.2) is 13.1 Å². The Labute approximate surface area is 112 Å². The Balaban J connectivity index is 2.54. The minimum Gasteiger partial charge on any atom is -0.372 e. The molecule has 0 aliphatic rings. The van der Waals surface area contributed by atoms with Gasteiger partial charge in [0.25, 0.3) is 0 Å². The van der Waals surface area contributed by atoms with E-state index < -0.39 is 0 Å². The van der Waals surface area contributed by atoms with Crippen LogP contribution in [0.4, 0.5) is 5.69 Å². The van der Waals surface area contributed by atoms with Gasteiger partial charge in [0.2, 0.25) is 0 Å². The third kappa shape index (κ3) is 5.09. The molecule has 0 aliphatic heterocycles. The number of benzene rings is 1. The first kappa shape index (κ1) is 15.0. The van der Waals surface area contributed by atoms with Crippen LogP contribution in [0.25, 0.3) is 0 Å². The van der Waals surface area contributed by atoms with Crippen LogP contribution >= 0.6 is 0 Å². The summed E-state index contributed by atoms with van der Waals surface area (Å²) >= 11 is 0. The Kier molecular flexibility index (Phi) is 5.67. The second-order valence-corrected chi connectivity index (χ2v) is 6.11. The number of hydrogen-bond acceptors (Lipinski definition) is 2. The fraction of sp³-hybridized carbons (Fsp3) is 0.625. The summed E-state index contributed by atoms with van der Waals surface area (Å²) in [6.07, 6.45) is 2.51. The first-order valence-corrected chi connectivity index (χ1v) is 7.00. The number of nitrogens with zero attached hydrogens (tertiary/aromatic N) is 1. The van der Waals surface area contributed by atoms with Crippen LogP contribution in [0.1, 0.15) is 46.1 Å². The standard InChI is InChI=1S/C16H28N2/c1-5-18(12-6-11-16(2,3)4)15-9-7-14(13-17)8-10-15/h7-10H,5-6,11-13,17H2,1-4H3. The molecule has 1 rings (SSSR count). The first-order chi connectivity index (χ1) is 8.46. The molecule has 18 heavy (non-hydrogen) atoms. The van der Waals surface area contributed by atoms with Crippen molar-refractivity contribution in [1.29, 1.82) is 0 Å². The van der Waals surface area contributed by atoms with Crippen LogP contribution in [0.15, 0.2) is 24.3 Å². The zero-order chi connectivity index (χ0) is 13.6. The van der Waals surface area contributed by atoms with E-state index in [9.17, 15) is 0 Å². The van der Waals surface area contributed by atoms with Crippen LogP contribution in [-0.2, 0) is 6.54 Å².